The summed E-state index contributed by atoms with van der Waals surface area (Å²) in [5.41, 5.74) is 3.55. The first-order valence-corrected chi connectivity index (χ1v) is 9.77. The van der Waals surface area contributed by atoms with Crippen LogP contribution in [0.1, 0.15) is 30.4 Å². The lowest BCUT2D eigenvalue weighted by Crippen LogP contribution is -2.14. The first-order valence-electron chi connectivity index (χ1n) is 9.01. The molecule has 0 amide bonds. The van der Waals surface area contributed by atoms with Gasteiger partial charge in [0.2, 0.25) is 0 Å². The van der Waals surface area contributed by atoms with Crippen molar-refractivity contribution >= 4 is 46.5 Å². The predicted molar refractivity (Wildman–Crippen MR) is 117 cm³/mol. The van der Waals surface area contributed by atoms with Gasteiger partial charge in [0.25, 0.3) is 0 Å². The molecule has 0 radical (unpaired) electrons. The summed E-state index contributed by atoms with van der Waals surface area (Å²) in [6.45, 7) is 2.79. The molecule has 6 heteroatoms. The highest BCUT2D eigenvalue weighted by Gasteiger charge is 2.10. The number of benzene rings is 2. The Bertz CT molecular complexity index is 864. The molecule has 2 aromatic carbocycles. The lowest BCUT2D eigenvalue weighted by molar-refractivity contribution is 0.283. The molecule has 3 aromatic rings. The molecular formula is C21H25Cl3N2O. The van der Waals surface area contributed by atoms with E-state index in [0.29, 0.717) is 16.6 Å². The smallest absolute Gasteiger partial charge is 0.0491 e. The number of aliphatic hydroxyl groups is 1. The van der Waals surface area contributed by atoms with Crippen molar-refractivity contribution in [3.8, 4) is 0 Å². The lowest BCUT2D eigenvalue weighted by Gasteiger charge is -2.08. The highest BCUT2D eigenvalue weighted by atomic mass is 35.5. The molecular weight excluding hydrogens is 403 g/mol. The minimum Gasteiger partial charge on any atom is -0.396 e. The van der Waals surface area contributed by atoms with Gasteiger partial charge in [-0.05, 0) is 55.1 Å². The number of para-hydroxylation sites is 1. The Balaban J connectivity index is 0.00000261. The zero-order valence-corrected chi connectivity index (χ0v) is 17.5. The van der Waals surface area contributed by atoms with E-state index in [4.69, 9.17) is 28.3 Å². The van der Waals surface area contributed by atoms with Crippen LogP contribution in [-0.2, 0) is 13.1 Å². The van der Waals surface area contributed by atoms with Crippen LogP contribution in [0.5, 0.6) is 0 Å². The number of aromatic nitrogens is 1. The van der Waals surface area contributed by atoms with E-state index < -0.39 is 0 Å². The largest absolute Gasteiger partial charge is 0.396 e. The van der Waals surface area contributed by atoms with Crippen LogP contribution in [0, 0.1) is 0 Å². The van der Waals surface area contributed by atoms with Crippen molar-refractivity contribution in [2.75, 3.05) is 13.2 Å². The van der Waals surface area contributed by atoms with Crippen molar-refractivity contribution in [2.24, 2.45) is 0 Å². The predicted octanol–water partition coefficient (Wildman–Crippen LogP) is 5.67. The molecule has 0 fully saturated rings. The highest BCUT2D eigenvalue weighted by Crippen LogP contribution is 2.26. The monoisotopic (exact) mass is 426 g/mol. The van der Waals surface area contributed by atoms with Crippen molar-refractivity contribution in [2.45, 2.75) is 32.4 Å². The van der Waals surface area contributed by atoms with Gasteiger partial charge in [0.1, 0.15) is 0 Å². The molecule has 1 heterocycles. The molecule has 0 bridgehead atoms. The maximum atomic E-state index is 8.84. The molecule has 0 unspecified atom stereocenters. The lowest BCUT2D eigenvalue weighted by atomic mass is 10.1. The van der Waals surface area contributed by atoms with Crippen LogP contribution >= 0.6 is 35.6 Å². The fourth-order valence-corrected chi connectivity index (χ4v) is 3.66. The molecule has 2 N–H and O–H groups in total. The number of nitrogens with zero attached hydrogens (tertiary/aromatic N) is 1. The summed E-state index contributed by atoms with van der Waals surface area (Å²) in [6, 6.07) is 14.1. The van der Waals surface area contributed by atoms with Crippen molar-refractivity contribution in [1.82, 2.24) is 9.88 Å². The van der Waals surface area contributed by atoms with E-state index in [9.17, 15) is 0 Å². The topological polar surface area (TPSA) is 37.2 Å². The molecule has 0 saturated carbocycles. The molecule has 3 rings (SSSR count). The Labute approximate surface area is 176 Å². The van der Waals surface area contributed by atoms with E-state index in [1.165, 1.54) is 16.5 Å². The van der Waals surface area contributed by atoms with Gasteiger partial charge in [-0.25, -0.2) is 0 Å². The molecule has 0 spiro atoms. The summed E-state index contributed by atoms with van der Waals surface area (Å²) in [7, 11) is 0. The maximum absolute atomic E-state index is 8.84. The summed E-state index contributed by atoms with van der Waals surface area (Å²) in [5.74, 6) is 0. The van der Waals surface area contributed by atoms with Gasteiger partial charge in [-0.1, -0.05) is 47.5 Å². The Hall–Kier alpha value is -1.23. The Morgan fingerprint density at radius 1 is 0.963 bits per heavy atom. The van der Waals surface area contributed by atoms with E-state index in [0.717, 1.165) is 37.9 Å². The van der Waals surface area contributed by atoms with Crippen LogP contribution < -0.4 is 5.32 Å². The first-order chi connectivity index (χ1) is 12.7. The summed E-state index contributed by atoms with van der Waals surface area (Å²) >= 11 is 12.4. The summed E-state index contributed by atoms with van der Waals surface area (Å²) in [5, 5.41) is 15.0. The fraction of sp³-hybridized carbons (Fsp3) is 0.333. The van der Waals surface area contributed by atoms with Gasteiger partial charge in [0.15, 0.2) is 0 Å². The quantitative estimate of drug-likeness (QED) is 0.432. The number of aliphatic hydroxyl groups excluding tert-OH is 1. The molecule has 0 atom stereocenters. The second kappa shape index (κ2) is 10.9. The van der Waals surface area contributed by atoms with Crippen molar-refractivity contribution in [1.29, 1.82) is 0 Å². The Kier molecular flexibility index (Phi) is 8.94. The summed E-state index contributed by atoms with van der Waals surface area (Å²) in [6.07, 6.45) is 5.22. The highest BCUT2D eigenvalue weighted by molar-refractivity contribution is 6.35. The van der Waals surface area contributed by atoms with Gasteiger partial charge in [0.05, 0.1) is 0 Å². The third-order valence-corrected chi connectivity index (χ3v) is 5.14. The molecule has 0 aliphatic carbocycles. The van der Waals surface area contributed by atoms with Crippen LogP contribution in [-0.4, -0.2) is 22.8 Å². The Morgan fingerprint density at radius 2 is 1.78 bits per heavy atom. The molecule has 0 aliphatic heterocycles. The molecule has 3 nitrogen and oxygen atoms in total. The molecule has 146 valence electrons. The summed E-state index contributed by atoms with van der Waals surface area (Å²) < 4.78 is 2.24. The van der Waals surface area contributed by atoms with Crippen LogP contribution in [0.2, 0.25) is 10.0 Å². The average Bonchev–Trinajstić information content (AvgIpc) is 2.98. The fourth-order valence-electron chi connectivity index (χ4n) is 3.19. The average molecular weight is 428 g/mol. The third-order valence-electron chi connectivity index (χ3n) is 4.55. The van der Waals surface area contributed by atoms with Crippen molar-refractivity contribution in [3.63, 3.8) is 0 Å². The van der Waals surface area contributed by atoms with Crippen LogP contribution in [0.4, 0.5) is 0 Å². The first kappa shape index (κ1) is 22.1. The third kappa shape index (κ3) is 5.87. The van der Waals surface area contributed by atoms with Crippen molar-refractivity contribution < 1.29 is 5.11 Å². The van der Waals surface area contributed by atoms with Gasteiger partial charge in [-0.15, -0.1) is 12.4 Å². The van der Waals surface area contributed by atoms with Gasteiger partial charge >= 0.3 is 0 Å². The Morgan fingerprint density at radius 3 is 2.56 bits per heavy atom. The van der Waals surface area contributed by atoms with E-state index in [-0.39, 0.29) is 19.0 Å². The van der Waals surface area contributed by atoms with Gasteiger partial charge in [-0.3, -0.25) is 0 Å². The number of rotatable bonds is 9. The van der Waals surface area contributed by atoms with E-state index >= 15 is 0 Å². The number of halogens is 3. The normalized spacial score (nSPS) is 10.9. The second-order valence-electron chi connectivity index (χ2n) is 6.50. The number of fused-ring (bicyclic) bond motifs is 1. The van der Waals surface area contributed by atoms with Gasteiger partial charge < -0.3 is 15.0 Å². The molecule has 27 heavy (non-hydrogen) atoms. The van der Waals surface area contributed by atoms with Crippen LogP contribution in [0.3, 0.4) is 0 Å². The van der Waals surface area contributed by atoms with Crippen LogP contribution in [0.15, 0.2) is 48.7 Å². The molecule has 0 aliphatic rings. The van der Waals surface area contributed by atoms with E-state index in [2.05, 4.69) is 40.3 Å². The molecule has 0 saturated heterocycles. The zero-order valence-electron chi connectivity index (χ0n) is 15.1. The number of hydrogen-bond acceptors (Lipinski definition) is 2. The second-order valence-corrected chi connectivity index (χ2v) is 7.34. The van der Waals surface area contributed by atoms with Crippen molar-refractivity contribution in [3.05, 3.63) is 69.8 Å². The molecule has 1 aromatic heterocycles. The number of hydrogen-bond donors (Lipinski definition) is 2. The minimum atomic E-state index is 0. The SMILES string of the molecule is Cl.OCCCCCNCc1cn(Cc2ccc(Cl)cc2Cl)c2ccccc12. The number of unbranched alkanes of at least 4 members (excludes halogenated alkanes) is 2. The zero-order chi connectivity index (χ0) is 18.4. The van der Waals surface area contributed by atoms with E-state index in [1.807, 2.05) is 12.1 Å². The number of nitrogens with one attached hydrogen (secondary N) is 1. The summed E-state index contributed by atoms with van der Waals surface area (Å²) in [4.78, 5) is 0. The maximum Gasteiger partial charge on any atom is 0.0491 e. The van der Waals surface area contributed by atoms with Crippen LogP contribution in [0.25, 0.3) is 10.9 Å². The van der Waals surface area contributed by atoms with E-state index in [1.54, 1.807) is 6.07 Å². The standard InChI is InChI=1S/C21H24Cl2N2O.ClH/c22-18-9-8-16(20(23)12-18)14-25-15-17(13-24-10-4-1-5-11-26)19-6-2-3-7-21(19)25;/h2-3,6-9,12,15,24,26H,1,4-5,10-11,13-14H2;1H. The van der Waals surface area contributed by atoms with Gasteiger partial charge in [-0.2, -0.15) is 0 Å². The minimum absolute atomic E-state index is 0. The van der Waals surface area contributed by atoms with Gasteiger partial charge in [0, 0.05) is 46.8 Å².